The molecule has 1 aromatic carbocycles. The number of nitrogens with zero attached hydrogens (tertiary/aromatic N) is 2. The Morgan fingerprint density at radius 3 is 2.65 bits per heavy atom. The lowest BCUT2D eigenvalue weighted by Crippen LogP contribution is -2.43. The quantitative estimate of drug-likeness (QED) is 0.509. The van der Waals surface area contributed by atoms with Gasteiger partial charge >= 0.3 is 0 Å². The summed E-state index contributed by atoms with van der Waals surface area (Å²) in [5, 5.41) is 8.79. The van der Waals surface area contributed by atoms with Crippen LogP contribution in [0.1, 0.15) is 24.4 Å². The second-order valence-corrected chi connectivity index (χ2v) is 7.60. The molecule has 3 rings (SSSR count). The van der Waals surface area contributed by atoms with Gasteiger partial charge in [-0.1, -0.05) is 38.1 Å². The van der Waals surface area contributed by atoms with Crippen molar-refractivity contribution in [2.45, 2.75) is 25.8 Å². The van der Waals surface area contributed by atoms with Gasteiger partial charge in [0.2, 0.25) is 5.89 Å². The Morgan fingerprint density at radius 1 is 1.15 bits per heavy atom. The fourth-order valence-electron chi connectivity index (χ4n) is 2.55. The first kappa shape index (κ1) is 18.2. The monoisotopic (exact) mass is 368 g/mol. The molecule has 0 amide bonds. The molecule has 3 aromatic rings. The molecule has 136 valence electrons. The van der Waals surface area contributed by atoms with Crippen molar-refractivity contribution in [2.75, 3.05) is 13.6 Å². The fourth-order valence-corrected chi connectivity index (χ4v) is 3.40. The Bertz CT molecular complexity index is 838. The van der Waals surface area contributed by atoms with E-state index in [1.165, 1.54) is 4.88 Å². The molecule has 0 unspecified atom stereocenters. The molecule has 6 heteroatoms. The lowest BCUT2D eigenvalue weighted by molar-refractivity contribution is 0.518. The molecule has 0 aliphatic rings. The molecular formula is C20H24N4OS. The van der Waals surface area contributed by atoms with Gasteiger partial charge in [0.1, 0.15) is 6.26 Å². The summed E-state index contributed by atoms with van der Waals surface area (Å²) in [5.41, 5.74) is 1.85. The van der Waals surface area contributed by atoms with Crippen LogP contribution in [0.4, 0.5) is 0 Å². The number of rotatable bonds is 6. The van der Waals surface area contributed by atoms with E-state index in [0.29, 0.717) is 12.4 Å². The van der Waals surface area contributed by atoms with Crippen LogP contribution in [0.25, 0.3) is 11.5 Å². The van der Waals surface area contributed by atoms with Crippen molar-refractivity contribution in [3.63, 3.8) is 0 Å². The Morgan fingerprint density at radius 2 is 1.96 bits per heavy atom. The van der Waals surface area contributed by atoms with Crippen LogP contribution in [0.15, 0.2) is 63.5 Å². The van der Waals surface area contributed by atoms with E-state index in [0.717, 1.165) is 23.8 Å². The Balaban J connectivity index is 1.54. The third kappa shape index (κ3) is 4.52. The van der Waals surface area contributed by atoms with Gasteiger partial charge in [-0.15, -0.1) is 11.3 Å². The molecule has 2 aromatic heterocycles. The molecule has 0 saturated heterocycles. The fraction of sp³-hybridized carbons (Fsp3) is 0.300. The van der Waals surface area contributed by atoms with E-state index < -0.39 is 0 Å². The van der Waals surface area contributed by atoms with Gasteiger partial charge < -0.3 is 15.1 Å². The second kappa shape index (κ2) is 8.19. The number of benzene rings is 1. The normalized spacial score (nSPS) is 12.2. The summed E-state index contributed by atoms with van der Waals surface area (Å²) in [6, 6.07) is 14.1. The predicted octanol–water partition coefficient (Wildman–Crippen LogP) is 4.05. The lowest BCUT2D eigenvalue weighted by Gasteiger charge is -2.24. The van der Waals surface area contributed by atoms with Crippen LogP contribution in [0, 0.1) is 0 Å². The largest absolute Gasteiger partial charge is 0.444 e. The zero-order valence-electron chi connectivity index (χ0n) is 15.3. The molecular weight excluding hydrogens is 344 g/mol. The molecule has 0 bridgehead atoms. The van der Waals surface area contributed by atoms with Gasteiger partial charge in [-0.3, -0.25) is 4.99 Å². The molecule has 2 N–H and O–H groups in total. The van der Waals surface area contributed by atoms with Gasteiger partial charge in [-0.2, -0.15) is 0 Å². The minimum atomic E-state index is 0.0418. The predicted molar refractivity (Wildman–Crippen MR) is 107 cm³/mol. The van der Waals surface area contributed by atoms with Gasteiger partial charge in [-0.05, 0) is 23.6 Å². The molecule has 2 heterocycles. The molecule has 26 heavy (non-hydrogen) atoms. The van der Waals surface area contributed by atoms with Gasteiger partial charge in [0.05, 0.1) is 12.2 Å². The summed E-state index contributed by atoms with van der Waals surface area (Å²) in [7, 11) is 1.77. The van der Waals surface area contributed by atoms with Crippen LogP contribution in [0.5, 0.6) is 0 Å². The van der Waals surface area contributed by atoms with Crippen molar-refractivity contribution in [1.29, 1.82) is 0 Å². The van der Waals surface area contributed by atoms with Gasteiger partial charge in [0, 0.05) is 29.4 Å². The summed E-state index contributed by atoms with van der Waals surface area (Å²) in [4.78, 5) is 10.2. The maximum atomic E-state index is 5.57. The molecule has 5 nitrogen and oxygen atoms in total. The first-order chi connectivity index (χ1) is 12.6. The smallest absolute Gasteiger partial charge is 0.226 e. The number of hydrogen-bond acceptors (Lipinski definition) is 4. The number of nitrogens with one attached hydrogen (secondary N) is 2. The van der Waals surface area contributed by atoms with E-state index in [4.69, 9.17) is 4.42 Å². The van der Waals surface area contributed by atoms with E-state index in [1.54, 1.807) is 24.6 Å². The van der Waals surface area contributed by atoms with Crippen LogP contribution in [-0.4, -0.2) is 24.5 Å². The van der Waals surface area contributed by atoms with Crippen molar-refractivity contribution in [2.24, 2.45) is 4.99 Å². The molecule has 0 aliphatic heterocycles. The van der Waals surface area contributed by atoms with Crippen molar-refractivity contribution in [1.82, 2.24) is 15.6 Å². The van der Waals surface area contributed by atoms with Gasteiger partial charge in [-0.25, -0.2) is 4.98 Å². The third-order valence-electron chi connectivity index (χ3n) is 4.12. The number of thiophene rings is 1. The van der Waals surface area contributed by atoms with Crippen LogP contribution >= 0.6 is 11.3 Å². The highest BCUT2D eigenvalue weighted by Crippen LogP contribution is 2.26. The maximum Gasteiger partial charge on any atom is 0.226 e. The first-order valence-corrected chi connectivity index (χ1v) is 9.45. The molecule has 0 fully saturated rings. The van der Waals surface area contributed by atoms with E-state index in [9.17, 15) is 0 Å². The minimum absolute atomic E-state index is 0.0418. The van der Waals surface area contributed by atoms with E-state index >= 15 is 0 Å². The number of hydrogen-bond donors (Lipinski definition) is 2. The molecule has 0 spiro atoms. The number of aliphatic imine (C=N–C) groups is 1. The molecule has 0 radical (unpaired) electrons. The lowest BCUT2D eigenvalue weighted by atomic mass is 9.91. The minimum Gasteiger partial charge on any atom is -0.444 e. The van der Waals surface area contributed by atoms with Crippen LogP contribution in [0.2, 0.25) is 0 Å². The summed E-state index contributed by atoms with van der Waals surface area (Å²) >= 11 is 1.78. The highest BCUT2D eigenvalue weighted by atomic mass is 32.1. The highest BCUT2D eigenvalue weighted by molar-refractivity contribution is 7.10. The summed E-state index contributed by atoms with van der Waals surface area (Å²) in [6.07, 6.45) is 1.68. The van der Waals surface area contributed by atoms with Crippen molar-refractivity contribution in [3.05, 3.63) is 64.7 Å². The summed E-state index contributed by atoms with van der Waals surface area (Å²) in [6.45, 7) is 5.79. The van der Waals surface area contributed by atoms with Crippen molar-refractivity contribution < 1.29 is 4.42 Å². The Kier molecular flexibility index (Phi) is 5.73. The highest BCUT2D eigenvalue weighted by Gasteiger charge is 2.22. The zero-order chi connectivity index (χ0) is 18.4. The summed E-state index contributed by atoms with van der Waals surface area (Å²) < 4.78 is 5.57. The SMILES string of the molecule is CN=C(NCc1coc(-c2ccccc2)n1)NCC(C)(C)c1cccs1. The maximum absolute atomic E-state index is 5.57. The Labute approximate surface area is 158 Å². The average Bonchev–Trinajstić information content (AvgIpc) is 3.35. The van der Waals surface area contributed by atoms with E-state index in [-0.39, 0.29) is 5.41 Å². The molecule has 0 saturated carbocycles. The first-order valence-electron chi connectivity index (χ1n) is 8.57. The van der Waals surface area contributed by atoms with Crippen LogP contribution in [0.3, 0.4) is 0 Å². The zero-order valence-corrected chi connectivity index (χ0v) is 16.1. The number of oxazole rings is 1. The van der Waals surface area contributed by atoms with Crippen LogP contribution < -0.4 is 10.6 Å². The second-order valence-electron chi connectivity index (χ2n) is 6.65. The van der Waals surface area contributed by atoms with Crippen molar-refractivity contribution in [3.8, 4) is 11.5 Å². The number of guanidine groups is 1. The summed E-state index contributed by atoms with van der Waals surface area (Å²) in [5.74, 6) is 1.38. The topological polar surface area (TPSA) is 62.5 Å². The van der Waals surface area contributed by atoms with Gasteiger partial charge in [0.25, 0.3) is 0 Å². The van der Waals surface area contributed by atoms with E-state index in [1.807, 2.05) is 30.3 Å². The standard InChI is InChI=1S/C20H24N4OS/c1-20(2,17-10-7-11-26-17)14-23-19(21-3)22-12-16-13-25-18(24-16)15-8-5-4-6-9-15/h4-11,13H,12,14H2,1-3H3,(H2,21,22,23). The molecule has 0 aliphatic carbocycles. The number of aromatic nitrogens is 1. The Hall–Kier alpha value is -2.60. The van der Waals surface area contributed by atoms with E-state index in [2.05, 4.69) is 52.0 Å². The average molecular weight is 369 g/mol. The third-order valence-corrected chi connectivity index (χ3v) is 5.35. The van der Waals surface area contributed by atoms with Crippen molar-refractivity contribution >= 4 is 17.3 Å². The molecule has 0 atom stereocenters. The van der Waals surface area contributed by atoms with Gasteiger partial charge in [0.15, 0.2) is 5.96 Å². The van der Waals surface area contributed by atoms with Crippen LogP contribution in [-0.2, 0) is 12.0 Å².